The summed E-state index contributed by atoms with van der Waals surface area (Å²) in [6.07, 6.45) is 0. The van der Waals surface area contributed by atoms with E-state index in [4.69, 9.17) is 21.7 Å². The van der Waals surface area contributed by atoms with Gasteiger partial charge in [0.15, 0.2) is 5.11 Å². The van der Waals surface area contributed by atoms with Crippen LogP contribution in [0.25, 0.3) is 0 Å². The highest BCUT2D eigenvalue weighted by atomic mass is 32.1. The summed E-state index contributed by atoms with van der Waals surface area (Å²) >= 11 is 5.41. The Morgan fingerprint density at radius 3 is 2.36 bits per heavy atom. The second-order valence-corrected chi connectivity index (χ2v) is 6.94. The average Bonchev–Trinajstić information content (AvgIpc) is 2.72. The van der Waals surface area contributed by atoms with Gasteiger partial charge in [0.25, 0.3) is 5.91 Å². The molecular formula is C21H25N3O3S. The molecule has 1 aliphatic heterocycles. The first-order chi connectivity index (χ1) is 13.6. The van der Waals surface area contributed by atoms with E-state index in [0.717, 1.165) is 31.9 Å². The first kappa shape index (κ1) is 20.1. The second kappa shape index (κ2) is 10.1. The number of rotatable bonds is 6. The third-order valence-corrected chi connectivity index (χ3v) is 4.86. The molecule has 0 radical (unpaired) electrons. The Labute approximate surface area is 171 Å². The van der Waals surface area contributed by atoms with Gasteiger partial charge in [-0.05, 0) is 43.5 Å². The molecular weight excluding hydrogens is 374 g/mol. The van der Waals surface area contributed by atoms with Gasteiger partial charge in [-0.1, -0.05) is 30.3 Å². The van der Waals surface area contributed by atoms with Gasteiger partial charge >= 0.3 is 0 Å². The molecule has 0 spiro atoms. The fraction of sp³-hybridized carbons (Fsp3) is 0.333. The number of hydrogen-bond acceptors (Lipinski definition) is 5. The van der Waals surface area contributed by atoms with Crippen molar-refractivity contribution < 1.29 is 14.3 Å². The Kier molecular flexibility index (Phi) is 7.22. The lowest BCUT2D eigenvalue weighted by Crippen LogP contribution is -2.51. The molecule has 148 valence electrons. The van der Waals surface area contributed by atoms with Crippen molar-refractivity contribution in [2.75, 3.05) is 46.4 Å². The number of nitrogens with zero attached hydrogens (tertiary/aromatic N) is 2. The average molecular weight is 400 g/mol. The van der Waals surface area contributed by atoms with Crippen molar-refractivity contribution in [2.24, 2.45) is 0 Å². The van der Waals surface area contributed by atoms with Crippen molar-refractivity contribution in [1.82, 2.24) is 15.1 Å². The number of amides is 1. The maximum atomic E-state index is 12.7. The highest BCUT2D eigenvalue weighted by Crippen LogP contribution is 2.18. The molecule has 6 nitrogen and oxygen atoms in total. The van der Waals surface area contributed by atoms with E-state index in [2.05, 4.69) is 17.3 Å². The van der Waals surface area contributed by atoms with E-state index >= 15 is 0 Å². The number of likely N-dealkylation sites (N-methyl/N-ethyl adjacent to an activating group) is 1. The molecule has 1 heterocycles. The fourth-order valence-corrected chi connectivity index (χ4v) is 3.14. The first-order valence-electron chi connectivity index (χ1n) is 9.32. The van der Waals surface area contributed by atoms with Crippen LogP contribution in [0.3, 0.4) is 0 Å². The number of carbonyl (C=O) groups excluding carboxylic acids is 1. The van der Waals surface area contributed by atoms with Gasteiger partial charge in [0.1, 0.15) is 24.7 Å². The minimum atomic E-state index is -0.261. The first-order valence-corrected chi connectivity index (χ1v) is 9.73. The molecule has 3 rings (SSSR count). The van der Waals surface area contributed by atoms with Crippen molar-refractivity contribution in [3.05, 3.63) is 60.2 Å². The van der Waals surface area contributed by atoms with Crippen LogP contribution in [0.5, 0.6) is 11.5 Å². The summed E-state index contributed by atoms with van der Waals surface area (Å²) in [5, 5.41) is 3.28. The molecule has 7 heteroatoms. The van der Waals surface area contributed by atoms with E-state index in [1.54, 1.807) is 18.2 Å². The van der Waals surface area contributed by atoms with Gasteiger partial charge in [0.05, 0.1) is 5.56 Å². The van der Waals surface area contributed by atoms with Crippen molar-refractivity contribution in [1.29, 1.82) is 0 Å². The number of para-hydroxylation sites is 2. The van der Waals surface area contributed by atoms with Crippen LogP contribution in [0.1, 0.15) is 10.4 Å². The van der Waals surface area contributed by atoms with E-state index in [1.165, 1.54) is 0 Å². The molecule has 2 aromatic rings. The van der Waals surface area contributed by atoms with E-state index in [1.807, 2.05) is 41.3 Å². The molecule has 1 aliphatic rings. The molecule has 2 aromatic carbocycles. The predicted molar refractivity (Wildman–Crippen MR) is 113 cm³/mol. The lowest BCUT2D eigenvalue weighted by atomic mass is 10.2. The molecule has 1 amide bonds. The van der Waals surface area contributed by atoms with Crippen LogP contribution in [0.4, 0.5) is 0 Å². The Bertz CT molecular complexity index is 792. The van der Waals surface area contributed by atoms with Gasteiger partial charge in [-0.15, -0.1) is 0 Å². The number of nitrogens with one attached hydrogen (secondary N) is 1. The normalized spacial score (nSPS) is 14.4. The van der Waals surface area contributed by atoms with Gasteiger partial charge in [-0.3, -0.25) is 10.1 Å². The smallest absolute Gasteiger partial charge is 0.261 e. The molecule has 0 bridgehead atoms. The molecule has 0 aromatic heterocycles. The van der Waals surface area contributed by atoms with E-state index in [0.29, 0.717) is 29.6 Å². The number of benzene rings is 2. The molecule has 0 aliphatic carbocycles. The van der Waals surface area contributed by atoms with E-state index in [-0.39, 0.29) is 5.91 Å². The number of carbonyl (C=O) groups is 1. The number of hydrogen-bond donors (Lipinski definition) is 1. The highest BCUT2D eigenvalue weighted by molar-refractivity contribution is 7.80. The summed E-state index contributed by atoms with van der Waals surface area (Å²) in [6.45, 7) is 4.20. The Hall–Kier alpha value is -2.64. The molecule has 1 saturated heterocycles. The van der Waals surface area contributed by atoms with Gasteiger partial charge in [-0.2, -0.15) is 0 Å². The van der Waals surface area contributed by atoms with E-state index < -0.39 is 0 Å². The third-order valence-electron chi connectivity index (χ3n) is 4.50. The predicted octanol–water partition coefficient (Wildman–Crippen LogP) is 2.41. The zero-order chi connectivity index (χ0) is 19.8. The van der Waals surface area contributed by atoms with Crippen molar-refractivity contribution in [3.63, 3.8) is 0 Å². The number of thiocarbonyl (C=S) groups is 1. The molecule has 0 saturated carbocycles. The van der Waals surface area contributed by atoms with Gasteiger partial charge in [0.2, 0.25) is 0 Å². The number of ether oxygens (including phenoxy) is 2. The minimum Gasteiger partial charge on any atom is -0.490 e. The summed E-state index contributed by atoms with van der Waals surface area (Å²) < 4.78 is 11.4. The molecule has 1 N–H and O–H groups in total. The Balaban J connectivity index is 1.52. The van der Waals surface area contributed by atoms with Crippen LogP contribution < -0.4 is 14.8 Å². The zero-order valence-electron chi connectivity index (χ0n) is 16.0. The lowest BCUT2D eigenvalue weighted by Gasteiger charge is -2.33. The maximum absolute atomic E-state index is 12.7. The topological polar surface area (TPSA) is 54.0 Å². The van der Waals surface area contributed by atoms with Gasteiger partial charge < -0.3 is 19.3 Å². The van der Waals surface area contributed by atoms with Gasteiger partial charge in [0, 0.05) is 26.2 Å². The van der Waals surface area contributed by atoms with Crippen molar-refractivity contribution in [2.45, 2.75) is 0 Å². The van der Waals surface area contributed by atoms with E-state index in [9.17, 15) is 4.79 Å². The van der Waals surface area contributed by atoms with Crippen LogP contribution in [-0.2, 0) is 0 Å². The van der Waals surface area contributed by atoms with Crippen LogP contribution in [-0.4, -0.2) is 67.3 Å². The second-order valence-electron chi connectivity index (χ2n) is 6.56. The minimum absolute atomic E-state index is 0.261. The van der Waals surface area contributed by atoms with Crippen LogP contribution in [0.2, 0.25) is 0 Å². The largest absolute Gasteiger partial charge is 0.490 e. The van der Waals surface area contributed by atoms with Crippen LogP contribution >= 0.6 is 12.2 Å². The summed E-state index contributed by atoms with van der Waals surface area (Å²) in [5.41, 5.74) is 0.457. The quantitative estimate of drug-likeness (QED) is 0.595. The van der Waals surface area contributed by atoms with Crippen molar-refractivity contribution >= 4 is 23.2 Å². The van der Waals surface area contributed by atoms with Crippen LogP contribution in [0, 0.1) is 0 Å². The summed E-state index contributed by atoms with van der Waals surface area (Å²) in [4.78, 5) is 16.9. The molecule has 28 heavy (non-hydrogen) atoms. The lowest BCUT2D eigenvalue weighted by molar-refractivity contribution is 0.0965. The molecule has 0 unspecified atom stereocenters. The SMILES string of the molecule is CN1CCN(C(=S)NC(=O)c2ccccc2OCCOc2ccccc2)CC1. The fourth-order valence-electron chi connectivity index (χ4n) is 2.86. The monoisotopic (exact) mass is 399 g/mol. The Morgan fingerprint density at radius 2 is 1.61 bits per heavy atom. The van der Waals surface area contributed by atoms with Gasteiger partial charge in [-0.25, -0.2) is 0 Å². The summed E-state index contributed by atoms with van der Waals surface area (Å²) in [6, 6.07) is 16.7. The van der Waals surface area contributed by atoms with Crippen molar-refractivity contribution in [3.8, 4) is 11.5 Å². The van der Waals surface area contributed by atoms with Crippen LogP contribution in [0.15, 0.2) is 54.6 Å². The standard InChI is InChI=1S/C21H25N3O3S/c1-23-11-13-24(14-12-23)21(28)22-20(25)18-9-5-6-10-19(18)27-16-15-26-17-7-3-2-4-8-17/h2-10H,11-16H2,1H3,(H,22,25,28). The summed E-state index contributed by atoms with van der Waals surface area (Å²) in [5.74, 6) is 1.04. The third kappa shape index (κ3) is 5.68. The molecule has 1 fully saturated rings. The zero-order valence-corrected chi connectivity index (χ0v) is 16.8. The summed E-state index contributed by atoms with van der Waals surface area (Å²) in [7, 11) is 2.08. The maximum Gasteiger partial charge on any atom is 0.261 e. The number of piperazine rings is 1. The Morgan fingerprint density at radius 1 is 0.964 bits per heavy atom. The highest BCUT2D eigenvalue weighted by Gasteiger charge is 2.20. The molecule has 0 atom stereocenters.